The predicted octanol–water partition coefficient (Wildman–Crippen LogP) is 1.89. The summed E-state index contributed by atoms with van der Waals surface area (Å²) in [6.45, 7) is 1.05. The maximum Gasteiger partial charge on any atom is 0.255 e. The second-order valence-corrected chi connectivity index (χ2v) is 12.4. The summed E-state index contributed by atoms with van der Waals surface area (Å²) in [7, 11) is 3.38. The highest BCUT2D eigenvalue weighted by Crippen LogP contribution is 2.30. The van der Waals surface area contributed by atoms with Crippen molar-refractivity contribution in [3.8, 4) is 11.8 Å². The predicted molar refractivity (Wildman–Crippen MR) is 189 cm³/mol. The summed E-state index contributed by atoms with van der Waals surface area (Å²) in [6.07, 6.45) is 13.9. The molecule has 1 aromatic rings. The van der Waals surface area contributed by atoms with Crippen molar-refractivity contribution in [1.82, 2.24) is 26.2 Å². The number of amides is 5. The molecular formula is C37H54N6O7. The van der Waals surface area contributed by atoms with E-state index in [9.17, 15) is 33.6 Å². The molecule has 3 aliphatic rings. The number of unbranched alkanes of at least 4 members (excludes halogenated alkanes) is 4. The van der Waals surface area contributed by atoms with Gasteiger partial charge in [-0.2, -0.15) is 0 Å². The molecule has 1 aliphatic carbocycles. The lowest BCUT2D eigenvalue weighted by atomic mass is 9.83. The van der Waals surface area contributed by atoms with Crippen LogP contribution in [0.2, 0.25) is 0 Å². The summed E-state index contributed by atoms with van der Waals surface area (Å²) in [4.78, 5) is 80.5. The second kappa shape index (κ2) is 23.9. The number of aldehydes is 2. The van der Waals surface area contributed by atoms with Gasteiger partial charge in [-0.25, -0.2) is 0 Å². The molecule has 13 heteroatoms. The van der Waals surface area contributed by atoms with E-state index in [-0.39, 0.29) is 30.2 Å². The first kappa shape index (κ1) is 41.8. The van der Waals surface area contributed by atoms with E-state index in [1.54, 1.807) is 11.0 Å². The molecule has 1 saturated heterocycles. The van der Waals surface area contributed by atoms with E-state index < -0.39 is 18.0 Å². The van der Waals surface area contributed by atoms with Gasteiger partial charge < -0.3 is 36.2 Å². The molecular weight excluding hydrogens is 640 g/mol. The number of carbonyl (C=O) groups is 7. The van der Waals surface area contributed by atoms with Gasteiger partial charge in [-0.05, 0) is 76.2 Å². The van der Waals surface area contributed by atoms with E-state index in [2.05, 4.69) is 38.8 Å². The molecule has 3 unspecified atom stereocenters. The summed E-state index contributed by atoms with van der Waals surface area (Å²) < 4.78 is 0. The minimum Gasteiger partial charge on any atom is -0.355 e. The van der Waals surface area contributed by atoms with Crippen molar-refractivity contribution >= 4 is 42.6 Å². The summed E-state index contributed by atoms with van der Waals surface area (Å²) in [6, 6.07) is 4.33. The number of piperidine rings is 1. The fourth-order valence-electron chi connectivity index (χ4n) is 6.45. The van der Waals surface area contributed by atoms with E-state index in [1.807, 2.05) is 19.2 Å². The Hall–Kier alpha value is -4.41. The summed E-state index contributed by atoms with van der Waals surface area (Å²) in [5.74, 6) is 6.19. The fourth-order valence-corrected chi connectivity index (χ4v) is 6.45. The quantitative estimate of drug-likeness (QED) is 0.0743. The zero-order chi connectivity index (χ0) is 36.7. The average molecular weight is 695 g/mol. The third kappa shape index (κ3) is 13.1. The van der Waals surface area contributed by atoms with Gasteiger partial charge >= 0.3 is 0 Å². The van der Waals surface area contributed by atoms with E-state index in [1.165, 1.54) is 26.3 Å². The highest BCUT2D eigenvalue weighted by molar-refractivity contribution is 6.05. The van der Waals surface area contributed by atoms with E-state index >= 15 is 0 Å². The Morgan fingerprint density at radius 2 is 1.78 bits per heavy atom. The maximum atomic E-state index is 12.9. The molecule has 5 amide bonds. The van der Waals surface area contributed by atoms with Crippen molar-refractivity contribution in [2.24, 2.45) is 11.7 Å². The molecule has 2 fully saturated rings. The molecule has 0 aromatic heterocycles. The molecule has 0 bridgehead atoms. The number of imide groups is 1. The lowest BCUT2D eigenvalue weighted by Gasteiger charge is -2.29. The van der Waals surface area contributed by atoms with Gasteiger partial charge in [0.2, 0.25) is 24.1 Å². The zero-order valence-corrected chi connectivity index (χ0v) is 29.5. The molecule has 274 valence electrons. The summed E-state index contributed by atoms with van der Waals surface area (Å²) in [5, 5.41) is 10.9. The number of hydrogen-bond donors (Lipinski definition) is 5. The van der Waals surface area contributed by atoms with Crippen LogP contribution >= 0.6 is 0 Å². The fraction of sp³-hybridized carbons (Fsp3) is 0.595. The van der Waals surface area contributed by atoms with E-state index in [0.29, 0.717) is 62.8 Å². The van der Waals surface area contributed by atoms with Crippen molar-refractivity contribution in [3.05, 3.63) is 34.9 Å². The minimum absolute atomic E-state index is 0.0728. The van der Waals surface area contributed by atoms with Gasteiger partial charge in [-0.1, -0.05) is 50.0 Å². The van der Waals surface area contributed by atoms with Crippen molar-refractivity contribution in [2.75, 3.05) is 20.6 Å². The van der Waals surface area contributed by atoms with Crippen LogP contribution in [0.1, 0.15) is 111 Å². The average Bonchev–Trinajstić information content (AvgIpc) is 3.47. The number of carbonyl (C=O) groups excluding carboxylic acids is 7. The molecule has 3 atom stereocenters. The van der Waals surface area contributed by atoms with Gasteiger partial charge in [0.25, 0.3) is 5.91 Å². The van der Waals surface area contributed by atoms with E-state index in [0.717, 1.165) is 56.1 Å². The van der Waals surface area contributed by atoms with Gasteiger partial charge in [-0.15, -0.1) is 0 Å². The topological polar surface area (TPSA) is 197 Å². The number of nitrogens with zero attached hydrogens (tertiary/aromatic N) is 1. The summed E-state index contributed by atoms with van der Waals surface area (Å²) >= 11 is 0. The molecule has 4 rings (SSSR count). The largest absolute Gasteiger partial charge is 0.355 e. The third-order valence-corrected chi connectivity index (χ3v) is 9.09. The first-order valence-corrected chi connectivity index (χ1v) is 17.7. The Balaban J connectivity index is 0.000000623. The number of hydrogen-bond acceptors (Lipinski definition) is 9. The van der Waals surface area contributed by atoms with Crippen LogP contribution in [0.3, 0.4) is 0 Å². The first-order valence-electron chi connectivity index (χ1n) is 17.7. The number of benzene rings is 1. The molecule has 1 aromatic carbocycles. The molecule has 0 spiro atoms. The van der Waals surface area contributed by atoms with Gasteiger partial charge in [-0.3, -0.25) is 29.3 Å². The normalized spacial score (nSPS) is 17.9. The second-order valence-electron chi connectivity index (χ2n) is 12.4. The number of rotatable bonds is 16. The molecule has 6 N–H and O–H groups in total. The zero-order valence-electron chi connectivity index (χ0n) is 29.5. The Labute approximate surface area is 295 Å². The molecule has 0 radical (unpaired) electrons. The highest BCUT2D eigenvalue weighted by Gasteiger charge is 2.39. The van der Waals surface area contributed by atoms with Crippen LogP contribution in [0.5, 0.6) is 0 Å². The van der Waals surface area contributed by atoms with Crippen molar-refractivity contribution < 1.29 is 33.6 Å². The lowest BCUT2D eigenvalue weighted by molar-refractivity contribution is -0.137. The van der Waals surface area contributed by atoms with Crippen LogP contribution in [-0.4, -0.2) is 86.3 Å². The SMILES string of the molecule is CN.CNC(C(=O)NCCCCCCC#Cc1cccc2c1CN(C1CCC(=O)NC1=O)C2=O)C1CCCCC1.O=CCCC(C=O)NC=O. The van der Waals surface area contributed by atoms with Crippen LogP contribution < -0.4 is 27.0 Å². The Morgan fingerprint density at radius 1 is 1.04 bits per heavy atom. The molecule has 2 heterocycles. The van der Waals surface area contributed by atoms with Crippen LogP contribution in [0.15, 0.2) is 18.2 Å². The minimum atomic E-state index is -0.616. The van der Waals surface area contributed by atoms with Crippen molar-refractivity contribution in [3.63, 3.8) is 0 Å². The number of fused-ring (bicyclic) bond motifs is 1. The first-order chi connectivity index (χ1) is 24.3. The number of nitrogens with two attached hydrogens (primary N) is 1. The van der Waals surface area contributed by atoms with Gasteiger partial charge in [0.05, 0.1) is 12.1 Å². The van der Waals surface area contributed by atoms with Crippen molar-refractivity contribution in [2.45, 2.75) is 115 Å². The van der Waals surface area contributed by atoms with Crippen molar-refractivity contribution in [1.29, 1.82) is 0 Å². The highest BCUT2D eigenvalue weighted by atomic mass is 16.2. The Morgan fingerprint density at radius 3 is 2.44 bits per heavy atom. The maximum absolute atomic E-state index is 12.9. The monoisotopic (exact) mass is 694 g/mol. The van der Waals surface area contributed by atoms with Gasteiger partial charge in [0, 0.05) is 43.5 Å². The van der Waals surface area contributed by atoms with Gasteiger partial charge in [0.1, 0.15) is 18.6 Å². The van der Waals surface area contributed by atoms with Crippen LogP contribution in [0.25, 0.3) is 0 Å². The smallest absolute Gasteiger partial charge is 0.255 e. The molecule has 50 heavy (non-hydrogen) atoms. The molecule has 13 nitrogen and oxygen atoms in total. The Kier molecular flexibility index (Phi) is 19.9. The number of likely N-dealkylation sites (N-methyl/N-ethyl adjacent to an activating group) is 1. The molecule has 2 aliphatic heterocycles. The molecule has 1 saturated carbocycles. The van der Waals surface area contributed by atoms with Crippen LogP contribution in [0.4, 0.5) is 0 Å². The Bertz CT molecular complexity index is 1350. The lowest BCUT2D eigenvalue weighted by Crippen LogP contribution is -2.52. The third-order valence-electron chi connectivity index (χ3n) is 9.09. The van der Waals surface area contributed by atoms with Crippen LogP contribution in [-0.2, 0) is 35.3 Å². The van der Waals surface area contributed by atoms with Crippen LogP contribution in [0, 0.1) is 17.8 Å². The standard InChI is InChI=1S/C30H40N4O4.C6H9NO3.CH5N/c1-31-27(22-13-8-6-9-14-22)29(37)32-19-10-5-3-2-4-7-12-21-15-11-16-23-24(21)20-34(30(23)38)25-17-18-26(35)33-28(25)36;8-3-1-2-6(4-9)7-5-10;1-2/h11,15-16,22,25,27,31H,2-6,8-10,13-14,17-20H2,1H3,(H,32,37)(H,33,35,36);3-6H,1-2H2,(H,7,10);2H2,1H3. The number of nitrogens with one attached hydrogen (secondary N) is 4. The van der Waals surface area contributed by atoms with Gasteiger partial charge in [0.15, 0.2) is 0 Å². The summed E-state index contributed by atoms with van der Waals surface area (Å²) in [5.41, 5.74) is 6.77. The van der Waals surface area contributed by atoms with E-state index in [4.69, 9.17) is 0 Å².